The molecule has 0 spiro atoms. The van der Waals surface area contributed by atoms with Gasteiger partial charge in [0.25, 0.3) is 0 Å². The Hall–Kier alpha value is -0.670. The molecule has 1 atom stereocenters. The normalized spacial score (nSPS) is 12.5. The van der Waals surface area contributed by atoms with E-state index in [-0.39, 0.29) is 6.04 Å². The van der Waals surface area contributed by atoms with E-state index < -0.39 is 0 Å². The smallest absolute Gasteiger partial charge is 0.125 e. The lowest BCUT2D eigenvalue weighted by Gasteiger charge is -2.16. The molecule has 0 aromatic heterocycles. The van der Waals surface area contributed by atoms with E-state index >= 15 is 0 Å². The van der Waals surface area contributed by atoms with E-state index in [4.69, 9.17) is 10.5 Å². The highest BCUT2D eigenvalue weighted by atomic mass is 32.2. The second-order valence-corrected chi connectivity index (χ2v) is 5.26. The number of hydrogen-bond acceptors (Lipinski definition) is 3. The molecule has 0 saturated carbocycles. The molecular formula is C14H23NOS. The first-order valence-corrected chi connectivity index (χ1v) is 7.54. The molecule has 0 bridgehead atoms. The monoisotopic (exact) mass is 253 g/mol. The fraction of sp³-hybridized carbons (Fsp3) is 0.571. The van der Waals surface area contributed by atoms with Crippen molar-refractivity contribution in [2.24, 2.45) is 5.73 Å². The number of rotatable bonds is 7. The number of nitrogens with two attached hydrogens (primary N) is 1. The molecule has 0 aliphatic carbocycles. The van der Waals surface area contributed by atoms with Crippen molar-refractivity contribution in [3.63, 3.8) is 0 Å². The van der Waals surface area contributed by atoms with Crippen LogP contribution in [0.3, 0.4) is 0 Å². The quantitative estimate of drug-likeness (QED) is 0.759. The van der Waals surface area contributed by atoms with E-state index in [0.717, 1.165) is 31.0 Å². The van der Waals surface area contributed by atoms with Crippen molar-refractivity contribution < 1.29 is 4.74 Å². The van der Waals surface area contributed by atoms with Crippen LogP contribution in [0.15, 0.2) is 18.2 Å². The van der Waals surface area contributed by atoms with Crippen LogP contribution >= 0.6 is 11.8 Å². The number of hydrogen-bond donors (Lipinski definition) is 1. The summed E-state index contributed by atoms with van der Waals surface area (Å²) in [6.07, 6.45) is 3.99. The molecule has 0 aliphatic heterocycles. The van der Waals surface area contributed by atoms with Gasteiger partial charge in [-0.05, 0) is 37.1 Å². The van der Waals surface area contributed by atoms with Crippen LogP contribution in [0.25, 0.3) is 0 Å². The second-order valence-electron chi connectivity index (χ2n) is 4.28. The molecule has 0 fully saturated rings. The minimum absolute atomic E-state index is 0.222. The molecule has 1 aromatic rings. The van der Waals surface area contributed by atoms with Gasteiger partial charge in [-0.15, -0.1) is 0 Å². The summed E-state index contributed by atoms with van der Waals surface area (Å²) in [5.41, 5.74) is 8.46. The van der Waals surface area contributed by atoms with Crippen molar-refractivity contribution in [3.05, 3.63) is 29.3 Å². The second kappa shape index (κ2) is 7.62. The van der Waals surface area contributed by atoms with E-state index in [2.05, 4.69) is 38.3 Å². The third-order valence-corrected chi connectivity index (χ3v) is 3.41. The third kappa shape index (κ3) is 4.60. The number of ether oxygens (including phenoxy) is 1. The maximum Gasteiger partial charge on any atom is 0.125 e. The van der Waals surface area contributed by atoms with Gasteiger partial charge in [-0.25, -0.2) is 0 Å². The number of aryl methyl sites for hydroxylation is 1. The van der Waals surface area contributed by atoms with E-state index in [9.17, 15) is 0 Å². The summed E-state index contributed by atoms with van der Waals surface area (Å²) in [6.45, 7) is 4.98. The average Bonchev–Trinajstić information content (AvgIpc) is 2.32. The van der Waals surface area contributed by atoms with Crippen molar-refractivity contribution in [1.82, 2.24) is 0 Å². The van der Waals surface area contributed by atoms with Crippen molar-refractivity contribution in [2.45, 2.75) is 32.7 Å². The Labute approximate surface area is 109 Å². The first kappa shape index (κ1) is 14.4. The van der Waals surface area contributed by atoms with Gasteiger partial charge in [0, 0.05) is 11.8 Å². The van der Waals surface area contributed by atoms with E-state index in [1.165, 1.54) is 11.1 Å². The molecule has 0 heterocycles. The summed E-state index contributed by atoms with van der Waals surface area (Å²) < 4.78 is 5.88. The zero-order chi connectivity index (χ0) is 12.7. The maximum absolute atomic E-state index is 6.02. The molecular weight excluding hydrogens is 230 g/mol. The SMILES string of the molecule is CCC(N)Cc1cccc(C)c1OCCSC. The van der Waals surface area contributed by atoms with Crippen LogP contribution in [-0.2, 0) is 6.42 Å². The lowest BCUT2D eigenvalue weighted by molar-refractivity contribution is 0.337. The van der Waals surface area contributed by atoms with Gasteiger partial charge in [-0.1, -0.05) is 25.1 Å². The van der Waals surface area contributed by atoms with Crippen molar-refractivity contribution in [1.29, 1.82) is 0 Å². The fourth-order valence-electron chi connectivity index (χ4n) is 1.73. The Bertz CT molecular complexity index is 341. The maximum atomic E-state index is 6.02. The summed E-state index contributed by atoms with van der Waals surface area (Å²) in [5, 5.41) is 0. The Morgan fingerprint density at radius 1 is 1.41 bits per heavy atom. The molecule has 1 rings (SSSR count). The molecule has 0 aliphatic rings. The molecule has 2 nitrogen and oxygen atoms in total. The Balaban J connectivity index is 2.76. The van der Waals surface area contributed by atoms with Gasteiger partial charge in [-0.3, -0.25) is 0 Å². The fourth-order valence-corrected chi connectivity index (χ4v) is 1.98. The zero-order valence-electron chi connectivity index (χ0n) is 11.0. The Morgan fingerprint density at radius 2 is 2.18 bits per heavy atom. The molecule has 0 radical (unpaired) electrons. The van der Waals surface area contributed by atoms with Crippen LogP contribution in [0.2, 0.25) is 0 Å². The largest absolute Gasteiger partial charge is 0.492 e. The van der Waals surface area contributed by atoms with Crippen molar-refractivity contribution in [2.75, 3.05) is 18.6 Å². The molecule has 17 heavy (non-hydrogen) atoms. The lowest BCUT2D eigenvalue weighted by atomic mass is 10.0. The Kier molecular flexibility index (Phi) is 6.45. The molecule has 3 heteroatoms. The average molecular weight is 253 g/mol. The lowest BCUT2D eigenvalue weighted by Crippen LogP contribution is -2.22. The van der Waals surface area contributed by atoms with Crippen LogP contribution in [0, 0.1) is 6.92 Å². The summed E-state index contributed by atoms with van der Waals surface area (Å²) in [4.78, 5) is 0. The van der Waals surface area contributed by atoms with Gasteiger partial charge in [0.1, 0.15) is 5.75 Å². The van der Waals surface area contributed by atoms with Gasteiger partial charge in [0.15, 0.2) is 0 Å². The van der Waals surface area contributed by atoms with Gasteiger partial charge in [0.05, 0.1) is 6.61 Å². The number of benzene rings is 1. The van der Waals surface area contributed by atoms with Crippen LogP contribution in [0.1, 0.15) is 24.5 Å². The van der Waals surface area contributed by atoms with Crippen LogP contribution in [0.4, 0.5) is 0 Å². The van der Waals surface area contributed by atoms with Crippen molar-refractivity contribution >= 4 is 11.8 Å². The zero-order valence-corrected chi connectivity index (χ0v) is 11.8. The first-order valence-electron chi connectivity index (χ1n) is 6.14. The highest BCUT2D eigenvalue weighted by molar-refractivity contribution is 7.98. The van der Waals surface area contributed by atoms with Gasteiger partial charge < -0.3 is 10.5 Å². The Morgan fingerprint density at radius 3 is 2.82 bits per heavy atom. The molecule has 0 amide bonds. The molecule has 2 N–H and O–H groups in total. The highest BCUT2D eigenvalue weighted by Crippen LogP contribution is 2.25. The summed E-state index contributed by atoms with van der Waals surface area (Å²) in [6, 6.07) is 6.51. The van der Waals surface area contributed by atoms with E-state index in [1.807, 2.05) is 0 Å². The van der Waals surface area contributed by atoms with Gasteiger partial charge >= 0.3 is 0 Å². The summed E-state index contributed by atoms with van der Waals surface area (Å²) in [7, 11) is 0. The predicted molar refractivity (Wildman–Crippen MR) is 77.0 cm³/mol. The van der Waals surface area contributed by atoms with Crippen LogP contribution in [0.5, 0.6) is 5.75 Å². The molecule has 96 valence electrons. The summed E-state index contributed by atoms with van der Waals surface area (Å²) >= 11 is 1.80. The summed E-state index contributed by atoms with van der Waals surface area (Å²) in [5.74, 6) is 2.05. The van der Waals surface area contributed by atoms with Crippen molar-refractivity contribution in [3.8, 4) is 5.75 Å². The highest BCUT2D eigenvalue weighted by Gasteiger charge is 2.09. The van der Waals surface area contributed by atoms with E-state index in [0.29, 0.717) is 0 Å². The van der Waals surface area contributed by atoms with Crippen LogP contribution in [-0.4, -0.2) is 24.7 Å². The van der Waals surface area contributed by atoms with E-state index in [1.54, 1.807) is 11.8 Å². The predicted octanol–water partition coefficient (Wildman–Crippen LogP) is 3.02. The standard InChI is InChI=1S/C14H23NOS/c1-4-13(15)10-12-7-5-6-11(2)14(12)16-8-9-17-3/h5-7,13H,4,8-10,15H2,1-3H3. The molecule has 1 aromatic carbocycles. The first-order chi connectivity index (χ1) is 8.19. The number of thioether (sulfide) groups is 1. The minimum Gasteiger partial charge on any atom is -0.492 e. The topological polar surface area (TPSA) is 35.2 Å². The van der Waals surface area contributed by atoms with Gasteiger partial charge in [0.2, 0.25) is 0 Å². The third-order valence-electron chi connectivity index (χ3n) is 2.83. The number of para-hydroxylation sites is 1. The van der Waals surface area contributed by atoms with Crippen LogP contribution < -0.4 is 10.5 Å². The van der Waals surface area contributed by atoms with Gasteiger partial charge in [-0.2, -0.15) is 11.8 Å². The minimum atomic E-state index is 0.222. The molecule has 0 saturated heterocycles. The molecule has 1 unspecified atom stereocenters.